The maximum atomic E-state index is 12.3. The molecule has 6 N–H and O–H groups in total. The molecule has 0 saturated carbocycles. The predicted octanol–water partition coefficient (Wildman–Crippen LogP) is -0.272. The molecular weight excluding hydrogens is 442 g/mol. The first-order valence-corrected chi connectivity index (χ1v) is 9.68. The van der Waals surface area contributed by atoms with E-state index in [0.717, 1.165) is 9.35 Å². The van der Waals surface area contributed by atoms with Gasteiger partial charge in [0.2, 0.25) is 5.95 Å². The summed E-state index contributed by atoms with van der Waals surface area (Å²) in [5, 5.41) is 31.8. The summed E-state index contributed by atoms with van der Waals surface area (Å²) < 4.78 is 8.00. The van der Waals surface area contributed by atoms with E-state index in [1.54, 1.807) is 0 Å². The van der Waals surface area contributed by atoms with Gasteiger partial charge in [0.25, 0.3) is 5.56 Å². The number of aromatic amines is 1. The van der Waals surface area contributed by atoms with Gasteiger partial charge in [-0.25, -0.2) is 4.98 Å². The Bertz CT molecular complexity index is 1050. The molecule has 0 unspecified atom stereocenters. The molecule has 27 heavy (non-hydrogen) atoms. The highest BCUT2D eigenvalue weighted by Crippen LogP contribution is 2.33. The summed E-state index contributed by atoms with van der Waals surface area (Å²) in [6, 6.07) is 1.91. The number of ether oxygens (including phenoxy) is 1. The van der Waals surface area contributed by atoms with Gasteiger partial charge in [0.05, 0.1) is 6.61 Å². The fraction of sp³-hybridized carbons (Fsp3) is 0.400. The predicted molar refractivity (Wildman–Crippen MR) is 100 cm³/mol. The van der Waals surface area contributed by atoms with E-state index in [0.29, 0.717) is 12.2 Å². The molecule has 144 valence electrons. The minimum atomic E-state index is -1.34. The molecule has 0 aromatic carbocycles. The fourth-order valence-electron chi connectivity index (χ4n) is 3.13. The Kier molecular flexibility index (Phi) is 4.78. The quantitative estimate of drug-likeness (QED) is 0.357. The van der Waals surface area contributed by atoms with Crippen molar-refractivity contribution in [1.82, 2.24) is 19.5 Å². The lowest BCUT2D eigenvalue weighted by Gasteiger charge is -2.19. The van der Waals surface area contributed by atoms with E-state index in [9.17, 15) is 20.1 Å². The molecule has 0 radical (unpaired) electrons. The minimum absolute atomic E-state index is 0.0487. The van der Waals surface area contributed by atoms with Crippen LogP contribution in [0.25, 0.3) is 11.2 Å². The summed E-state index contributed by atoms with van der Waals surface area (Å²) in [5.41, 5.74) is 5.34. The van der Waals surface area contributed by atoms with Gasteiger partial charge in [-0.3, -0.25) is 14.3 Å². The van der Waals surface area contributed by atoms with Crippen LogP contribution in [-0.4, -0.2) is 59.8 Å². The Morgan fingerprint density at radius 2 is 2.15 bits per heavy atom. The third-order valence-corrected chi connectivity index (χ3v) is 6.07. The maximum Gasteiger partial charge on any atom is 0.280 e. The zero-order valence-electron chi connectivity index (χ0n) is 13.7. The Morgan fingerprint density at radius 3 is 2.78 bits per heavy atom. The maximum absolute atomic E-state index is 12.3. The van der Waals surface area contributed by atoms with E-state index < -0.39 is 36.7 Å². The number of hydrogen-bond donors (Lipinski definition) is 5. The van der Waals surface area contributed by atoms with Gasteiger partial charge >= 0.3 is 0 Å². The van der Waals surface area contributed by atoms with Crippen LogP contribution in [0.5, 0.6) is 0 Å². The highest BCUT2D eigenvalue weighted by atomic mass is 79.9. The summed E-state index contributed by atoms with van der Waals surface area (Å²) in [6.07, 6.45) is -4.32. The number of imidazole rings is 1. The molecule has 0 aliphatic carbocycles. The molecule has 3 aromatic rings. The normalized spacial score (nSPS) is 25.5. The van der Waals surface area contributed by atoms with E-state index in [4.69, 9.17) is 10.5 Å². The average Bonchev–Trinajstić information content (AvgIpc) is 3.26. The van der Waals surface area contributed by atoms with Gasteiger partial charge in [-0.05, 0) is 22.0 Å². The number of nitrogens with two attached hydrogens (primary N) is 1. The summed E-state index contributed by atoms with van der Waals surface area (Å²) in [6.45, 7) is -0.468. The van der Waals surface area contributed by atoms with Crippen LogP contribution in [0.15, 0.2) is 20.7 Å². The van der Waals surface area contributed by atoms with Gasteiger partial charge < -0.3 is 25.8 Å². The van der Waals surface area contributed by atoms with E-state index in [1.807, 2.05) is 11.4 Å². The molecule has 4 heterocycles. The van der Waals surface area contributed by atoms with Crippen molar-refractivity contribution >= 4 is 44.4 Å². The molecule has 1 fully saturated rings. The Hall–Kier alpha value is -1.83. The van der Waals surface area contributed by atoms with Crippen molar-refractivity contribution in [3.8, 4) is 0 Å². The van der Waals surface area contributed by atoms with Crippen LogP contribution in [0.3, 0.4) is 0 Å². The number of aromatic nitrogens is 4. The van der Waals surface area contributed by atoms with Crippen molar-refractivity contribution in [2.45, 2.75) is 31.0 Å². The molecule has 0 bridgehead atoms. The third kappa shape index (κ3) is 3.17. The van der Waals surface area contributed by atoms with Crippen LogP contribution < -0.4 is 11.3 Å². The molecule has 0 spiro atoms. The number of fused-ring (bicyclic) bond motifs is 1. The molecule has 1 aliphatic heterocycles. The lowest BCUT2D eigenvalue weighted by molar-refractivity contribution is -0.0521. The molecule has 1 aliphatic rings. The highest BCUT2D eigenvalue weighted by molar-refractivity contribution is 9.10. The topological polar surface area (TPSA) is 160 Å². The molecule has 4 atom stereocenters. The first-order chi connectivity index (χ1) is 12.9. The van der Waals surface area contributed by atoms with Crippen LogP contribution in [-0.2, 0) is 11.2 Å². The lowest BCUT2D eigenvalue weighted by atomic mass is 10.1. The van der Waals surface area contributed by atoms with Crippen molar-refractivity contribution < 1.29 is 20.1 Å². The van der Waals surface area contributed by atoms with Crippen molar-refractivity contribution in [3.63, 3.8) is 0 Å². The molecular formula is C15H16BrN5O5S. The van der Waals surface area contributed by atoms with Crippen molar-refractivity contribution in [3.05, 3.63) is 37.0 Å². The monoisotopic (exact) mass is 457 g/mol. The second kappa shape index (κ2) is 6.96. The molecule has 1 saturated heterocycles. The Balaban J connectivity index is 1.88. The zero-order chi connectivity index (χ0) is 19.3. The van der Waals surface area contributed by atoms with E-state index in [-0.39, 0.29) is 17.1 Å². The van der Waals surface area contributed by atoms with Crippen molar-refractivity contribution in [1.29, 1.82) is 0 Å². The van der Waals surface area contributed by atoms with Gasteiger partial charge in [-0.1, -0.05) is 0 Å². The van der Waals surface area contributed by atoms with Crippen molar-refractivity contribution in [2.75, 3.05) is 12.3 Å². The summed E-state index contributed by atoms with van der Waals surface area (Å²) in [4.78, 5) is 24.1. The number of nitrogens with one attached hydrogen (secondary N) is 1. The van der Waals surface area contributed by atoms with Gasteiger partial charge in [-0.15, -0.1) is 11.3 Å². The summed E-state index contributed by atoms with van der Waals surface area (Å²) in [7, 11) is 0. The lowest BCUT2D eigenvalue weighted by Crippen LogP contribution is -2.33. The van der Waals surface area contributed by atoms with Gasteiger partial charge in [0.1, 0.15) is 24.1 Å². The van der Waals surface area contributed by atoms with Crippen LogP contribution in [0.1, 0.15) is 16.9 Å². The van der Waals surface area contributed by atoms with Crippen molar-refractivity contribution in [2.24, 2.45) is 0 Å². The second-order valence-electron chi connectivity index (χ2n) is 6.16. The number of nitrogens with zero attached hydrogens (tertiary/aromatic N) is 3. The van der Waals surface area contributed by atoms with Crippen LogP contribution in [0.2, 0.25) is 0 Å². The third-order valence-electron chi connectivity index (χ3n) is 4.37. The highest BCUT2D eigenvalue weighted by Gasteiger charge is 2.45. The van der Waals surface area contributed by atoms with Crippen LogP contribution >= 0.6 is 27.3 Å². The second-order valence-corrected chi connectivity index (χ2v) is 8.07. The molecule has 12 heteroatoms. The number of thiophene rings is 1. The first kappa shape index (κ1) is 18.5. The van der Waals surface area contributed by atoms with E-state index in [2.05, 4.69) is 30.9 Å². The number of rotatable bonds is 4. The van der Waals surface area contributed by atoms with Gasteiger partial charge in [-0.2, -0.15) is 4.98 Å². The number of anilines is 1. The van der Waals surface area contributed by atoms with E-state index >= 15 is 0 Å². The van der Waals surface area contributed by atoms with E-state index in [1.165, 1.54) is 15.9 Å². The molecule has 0 amide bonds. The molecule has 3 aromatic heterocycles. The molecule has 10 nitrogen and oxygen atoms in total. The standard InChI is InChI=1S/C15H16BrN5O5S/c16-5-1-6(27-4-5)2-8-18-9-12(19-15(17)20-13(9)25)21(8)14-11(24)10(23)7(3-22)26-14/h1,4,7,10-11,14,22-24H,2-3H2,(H3,17,19,20,25)/t7-,10-,11-,14-/m1/s1. The van der Waals surface area contributed by atoms with Gasteiger partial charge in [0.15, 0.2) is 17.4 Å². The Labute approximate surface area is 164 Å². The first-order valence-electron chi connectivity index (χ1n) is 8.01. The average molecular weight is 458 g/mol. The number of H-pyrrole nitrogens is 1. The zero-order valence-corrected chi connectivity index (χ0v) is 16.1. The number of nitrogen functional groups attached to an aromatic ring is 1. The fourth-order valence-corrected chi connectivity index (χ4v) is 4.58. The van der Waals surface area contributed by atoms with Crippen LogP contribution in [0.4, 0.5) is 5.95 Å². The summed E-state index contributed by atoms with van der Waals surface area (Å²) >= 11 is 4.89. The molecule has 4 rings (SSSR count). The van der Waals surface area contributed by atoms with Crippen LogP contribution in [0, 0.1) is 0 Å². The smallest absolute Gasteiger partial charge is 0.280 e. The van der Waals surface area contributed by atoms with Gasteiger partial charge in [0, 0.05) is 21.2 Å². The summed E-state index contributed by atoms with van der Waals surface area (Å²) in [5.74, 6) is 0.309. The minimum Gasteiger partial charge on any atom is -0.394 e. The number of hydrogen-bond acceptors (Lipinski definition) is 9. The number of aliphatic hydroxyl groups excluding tert-OH is 3. The Morgan fingerprint density at radius 1 is 1.37 bits per heavy atom. The largest absolute Gasteiger partial charge is 0.394 e. The number of halogens is 1. The number of aliphatic hydroxyl groups is 3. The SMILES string of the molecule is Nc1nc2c(nc(Cc3cc(Br)cs3)n2[C@@H]2O[C@H](CO)[C@@H](O)[C@H]2O)c(=O)[nH]1.